The van der Waals surface area contributed by atoms with Gasteiger partial charge in [-0.3, -0.25) is 0 Å². The zero-order valence-corrected chi connectivity index (χ0v) is 13.9. The van der Waals surface area contributed by atoms with Gasteiger partial charge in [-0.25, -0.2) is 0 Å². The predicted octanol–water partition coefficient (Wildman–Crippen LogP) is 5.89. The summed E-state index contributed by atoms with van der Waals surface area (Å²) in [4.78, 5) is 0. The topological polar surface area (TPSA) is 9.23 Å². The maximum absolute atomic E-state index is 5.77. The second-order valence-electron chi connectivity index (χ2n) is 6.19. The molecular formula is C20H30O. The molecule has 0 unspecified atom stereocenters. The molecule has 0 radical (unpaired) electrons. The second-order valence-corrected chi connectivity index (χ2v) is 6.19. The normalized spacial score (nSPS) is 22.6. The van der Waals surface area contributed by atoms with Crippen LogP contribution in [0.25, 0.3) is 0 Å². The van der Waals surface area contributed by atoms with Crippen LogP contribution >= 0.6 is 0 Å². The average molecular weight is 286 g/mol. The molecule has 0 bridgehead atoms. The summed E-state index contributed by atoms with van der Waals surface area (Å²) in [5, 5.41) is 0. The summed E-state index contributed by atoms with van der Waals surface area (Å²) in [6.45, 7) is 7.19. The van der Waals surface area contributed by atoms with Crippen LogP contribution in [0.1, 0.15) is 69.9 Å². The molecule has 0 heterocycles. The van der Waals surface area contributed by atoms with Gasteiger partial charge in [-0.15, -0.1) is 0 Å². The van der Waals surface area contributed by atoms with Gasteiger partial charge >= 0.3 is 0 Å². The smallest absolute Gasteiger partial charge is 0.122 e. The maximum Gasteiger partial charge on any atom is 0.122 e. The lowest BCUT2D eigenvalue weighted by atomic mass is 9.78. The minimum atomic E-state index is 0.748. The minimum Gasteiger partial charge on any atom is -0.494 e. The van der Waals surface area contributed by atoms with E-state index in [0.29, 0.717) is 0 Å². The molecule has 1 fully saturated rings. The lowest BCUT2D eigenvalue weighted by molar-refractivity contribution is 0.335. The SMILES string of the molecule is CC=C[C@H]1CC[C@H](c2ccc(OCC)c(CCC)c2)CC1. The van der Waals surface area contributed by atoms with Crippen LogP contribution in [0, 0.1) is 5.92 Å². The summed E-state index contributed by atoms with van der Waals surface area (Å²) < 4.78 is 5.77. The van der Waals surface area contributed by atoms with Crippen molar-refractivity contribution in [1.82, 2.24) is 0 Å². The average Bonchev–Trinajstić information content (AvgIpc) is 2.51. The van der Waals surface area contributed by atoms with Gasteiger partial charge < -0.3 is 4.74 Å². The Kier molecular flexibility index (Phi) is 6.35. The van der Waals surface area contributed by atoms with E-state index in [1.807, 2.05) is 0 Å². The third-order valence-corrected chi connectivity index (χ3v) is 4.61. The zero-order valence-electron chi connectivity index (χ0n) is 13.9. The van der Waals surface area contributed by atoms with Gasteiger partial charge in [0.2, 0.25) is 0 Å². The van der Waals surface area contributed by atoms with Crippen molar-refractivity contribution in [3.8, 4) is 5.75 Å². The molecule has 0 atom stereocenters. The molecule has 0 N–H and O–H groups in total. The van der Waals surface area contributed by atoms with E-state index in [-0.39, 0.29) is 0 Å². The first kappa shape index (κ1) is 16.1. The molecule has 1 aliphatic carbocycles. The molecule has 0 aromatic heterocycles. The first-order valence-electron chi connectivity index (χ1n) is 8.66. The highest BCUT2D eigenvalue weighted by Gasteiger charge is 2.21. The van der Waals surface area contributed by atoms with Gasteiger partial charge in [0.25, 0.3) is 0 Å². The van der Waals surface area contributed by atoms with Crippen molar-refractivity contribution in [2.75, 3.05) is 6.61 Å². The molecule has 0 amide bonds. The summed E-state index contributed by atoms with van der Waals surface area (Å²) in [5.74, 6) is 2.65. The fraction of sp³-hybridized carbons (Fsp3) is 0.600. The van der Waals surface area contributed by atoms with Crippen LogP contribution in [0.4, 0.5) is 0 Å². The van der Waals surface area contributed by atoms with Crippen LogP contribution in [-0.2, 0) is 6.42 Å². The van der Waals surface area contributed by atoms with Crippen molar-refractivity contribution in [3.05, 3.63) is 41.5 Å². The van der Waals surface area contributed by atoms with E-state index >= 15 is 0 Å². The van der Waals surface area contributed by atoms with E-state index in [0.717, 1.165) is 30.6 Å². The van der Waals surface area contributed by atoms with Crippen LogP contribution in [0.3, 0.4) is 0 Å². The molecule has 0 aliphatic heterocycles. The van der Waals surface area contributed by atoms with Crippen LogP contribution in [0.5, 0.6) is 5.75 Å². The van der Waals surface area contributed by atoms with Crippen LogP contribution in [-0.4, -0.2) is 6.61 Å². The molecule has 1 nitrogen and oxygen atoms in total. The van der Waals surface area contributed by atoms with Crippen molar-refractivity contribution in [3.63, 3.8) is 0 Å². The number of hydrogen-bond donors (Lipinski definition) is 0. The molecule has 21 heavy (non-hydrogen) atoms. The van der Waals surface area contributed by atoms with E-state index in [2.05, 4.69) is 51.1 Å². The van der Waals surface area contributed by atoms with Crippen molar-refractivity contribution in [1.29, 1.82) is 0 Å². The first-order valence-corrected chi connectivity index (χ1v) is 8.66. The molecule has 2 rings (SSSR count). The van der Waals surface area contributed by atoms with E-state index < -0.39 is 0 Å². The quantitative estimate of drug-likeness (QED) is 0.593. The van der Waals surface area contributed by atoms with Gasteiger partial charge in [-0.2, -0.15) is 0 Å². The number of benzene rings is 1. The lowest BCUT2D eigenvalue weighted by Gasteiger charge is -2.27. The monoisotopic (exact) mass is 286 g/mol. The van der Waals surface area contributed by atoms with Gasteiger partial charge in [-0.05, 0) is 75.0 Å². The van der Waals surface area contributed by atoms with Gasteiger partial charge in [0.1, 0.15) is 5.75 Å². The van der Waals surface area contributed by atoms with Crippen molar-refractivity contribution in [2.24, 2.45) is 5.92 Å². The van der Waals surface area contributed by atoms with Crippen molar-refractivity contribution < 1.29 is 4.74 Å². The molecule has 1 saturated carbocycles. The van der Waals surface area contributed by atoms with E-state index in [4.69, 9.17) is 4.74 Å². The number of hydrogen-bond acceptors (Lipinski definition) is 1. The highest BCUT2D eigenvalue weighted by Crippen LogP contribution is 2.37. The first-order chi connectivity index (χ1) is 10.3. The van der Waals surface area contributed by atoms with Crippen LogP contribution < -0.4 is 4.74 Å². The summed E-state index contributed by atoms with van der Waals surface area (Å²) in [5.41, 5.74) is 2.92. The molecule has 0 spiro atoms. The molecule has 1 aliphatic rings. The predicted molar refractivity (Wildman–Crippen MR) is 91.1 cm³/mol. The largest absolute Gasteiger partial charge is 0.494 e. The second kappa shape index (κ2) is 8.26. The third kappa shape index (κ3) is 4.36. The Morgan fingerprint density at radius 2 is 1.90 bits per heavy atom. The summed E-state index contributed by atoms with van der Waals surface area (Å²) >= 11 is 0. The number of ether oxygens (including phenoxy) is 1. The number of rotatable bonds is 6. The Morgan fingerprint density at radius 3 is 2.52 bits per heavy atom. The Labute approximate surface area is 130 Å². The summed E-state index contributed by atoms with van der Waals surface area (Å²) in [7, 11) is 0. The Hall–Kier alpha value is -1.24. The summed E-state index contributed by atoms with van der Waals surface area (Å²) in [6, 6.07) is 6.90. The minimum absolute atomic E-state index is 0.748. The standard InChI is InChI=1S/C20H30O/c1-4-7-16-9-11-17(12-10-16)18-13-14-20(21-6-3)19(15-18)8-5-2/h4,7,13-17H,5-6,8-12H2,1-3H3/t16-,17-. The number of aryl methyl sites for hydroxylation is 1. The Balaban J connectivity index is 2.08. The maximum atomic E-state index is 5.77. The molecule has 1 aromatic rings. The van der Waals surface area contributed by atoms with E-state index in [1.165, 1.54) is 43.2 Å². The number of allylic oxidation sites excluding steroid dienone is 2. The van der Waals surface area contributed by atoms with Gasteiger partial charge in [0.15, 0.2) is 0 Å². The van der Waals surface area contributed by atoms with Crippen molar-refractivity contribution in [2.45, 2.75) is 65.2 Å². The van der Waals surface area contributed by atoms with Gasteiger partial charge in [-0.1, -0.05) is 37.6 Å². The lowest BCUT2D eigenvalue weighted by Crippen LogP contribution is -2.12. The third-order valence-electron chi connectivity index (χ3n) is 4.61. The Bertz CT molecular complexity index is 453. The fourth-order valence-electron chi connectivity index (χ4n) is 3.53. The molecule has 1 heteroatoms. The van der Waals surface area contributed by atoms with Gasteiger partial charge in [0.05, 0.1) is 6.61 Å². The molecule has 116 valence electrons. The molecular weight excluding hydrogens is 256 g/mol. The summed E-state index contributed by atoms with van der Waals surface area (Å²) in [6.07, 6.45) is 12.2. The zero-order chi connectivity index (χ0) is 15.1. The van der Waals surface area contributed by atoms with E-state index in [9.17, 15) is 0 Å². The van der Waals surface area contributed by atoms with Crippen LogP contribution in [0.15, 0.2) is 30.4 Å². The highest BCUT2D eigenvalue weighted by atomic mass is 16.5. The molecule has 0 saturated heterocycles. The molecule has 1 aromatic carbocycles. The van der Waals surface area contributed by atoms with Crippen molar-refractivity contribution >= 4 is 0 Å². The highest BCUT2D eigenvalue weighted by molar-refractivity contribution is 5.39. The van der Waals surface area contributed by atoms with Crippen LogP contribution in [0.2, 0.25) is 0 Å². The van der Waals surface area contributed by atoms with Gasteiger partial charge in [0, 0.05) is 0 Å². The Morgan fingerprint density at radius 1 is 1.14 bits per heavy atom. The fourth-order valence-corrected chi connectivity index (χ4v) is 3.53. The van der Waals surface area contributed by atoms with E-state index in [1.54, 1.807) is 0 Å².